The molecule has 0 spiro atoms. The maximum atomic E-state index is 13.0. The second-order valence-corrected chi connectivity index (χ2v) is 6.83. The van der Waals surface area contributed by atoms with Gasteiger partial charge in [-0.25, -0.2) is 4.39 Å². The minimum absolute atomic E-state index is 0.0386. The van der Waals surface area contributed by atoms with E-state index < -0.39 is 0 Å². The maximum absolute atomic E-state index is 13.0. The Bertz CT molecular complexity index is 817. The molecule has 1 aliphatic heterocycles. The number of piperidine rings is 1. The van der Waals surface area contributed by atoms with Gasteiger partial charge in [0.1, 0.15) is 5.82 Å². The average Bonchev–Trinajstić information content (AvgIpc) is 2.63. The molecule has 0 bridgehead atoms. The number of rotatable bonds is 3. The minimum atomic E-state index is -0.382. The van der Waals surface area contributed by atoms with E-state index in [2.05, 4.69) is 12.2 Å². The van der Waals surface area contributed by atoms with Gasteiger partial charge in [-0.15, -0.1) is 0 Å². The molecule has 5 heteroatoms. The molecule has 2 aromatic carbocycles. The lowest BCUT2D eigenvalue weighted by atomic mass is 10.0. The summed E-state index contributed by atoms with van der Waals surface area (Å²) in [5.41, 5.74) is 2.47. The predicted octanol–water partition coefficient (Wildman–Crippen LogP) is 4.40. The number of hydrogen-bond acceptors (Lipinski definition) is 2. The first kappa shape index (κ1) is 18.1. The van der Waals surface area contributed by atoms with E-state index in [1.165, 1.54) is 30.7 Å². The van der Waals surface area contributed by atoms with Crippen molar-refractivity contribution in [2.45, 2.75) is 39.2 Å². The lowest BCUT2D eigenvalue weighted by Crippen LogP contribution is -2.42. The smallest absolute Gasteiger partial charge is 0.255 e. The van der Waals surface area contributed by atoms with Crippen molar-refractivity contribution in [3.05, 3.63) is 65.0 Å². The maximum Gasteiger partial charge on any atom is 0.255 e. The first-order chi connectivity index (χ1) is 12.5. The van der Waals surface area contributed by atoms with Crippen LogP contribution < -0.4 is 5.32 Å². The highest BCUT2D eigenvalue weighted by Gasteiger charge is 2.24. The third-order valence-electron chi connectivity index (χ3n) is 4.89. The molecule has 1 heterocycles. The summed E-state index contributed by atoms with van der Waals surface area (Å²) in [6, 6.07) is 11.0. The highest BCUT2D eigenvalue weighted by molar-refractivity contribution is 6.05. The van der Waals surface area contributed by atoms with Crippen molar-refractivity contribution in [3.63, 3.8) is 0 Å². The second kappa shape index (κ2) is 7.68. The van der Waals surface area contributed by atoms with Gasteiger partial charge >= 0.3 is 0 Å². The Morgan fingerprint density at radius 3 is 2.42 bits per heavy atom. The molecule has 0 aliphatic carbocycles. The van der Waals surface area contributed by atoms with Gasteiger partial charge in [-0.05, 0) is 81.1 Å². The van der Waals surface area contributed by atoms with Gasteiger partial charge in [-0.3, -0.25) is 9.59 Å². The van der Waals surface area contributed by atoms with Crippen molar-refractivity contribution in [1.82, 2.24) is 4.90 Å². The van der Waals surface area contributed by atoms with Crippen LogP contribution in [0.25, 0.3) is 0 Å². The summed E-state index contributed by atoms with van der Waals surface area (Å²) >= 11 is 0. The summed E-state index contributed by atoms with van der Waals surface area (Å²) in [5.74, 6) is -0.652. The van der Waals surface area contributed by atoms with Crippen LogP contribution in [0.15, 0.2) is 42.5 Å². The molecular formula is C21H23FN2O2. The van der Waals surface area contributed by atoms with Crippen molar-refractivity contribution < 1.29 is 14.0 Å². The Hall–Kier alpha value is -2.69. The topological polar surface area (TPSA) is 49.4 Å². The van der Waals surface area contributed by atoms with Gasteiger partial charge in [0, 0.05) is 29.4 Å². The van der Waals surface area contributed by atoms with Gasteiger partial charge in [0.05, 0.1) is 0 Å². The second-order valence-electron chi connectivity index (χ2n) is 6.83. The van der Waals surface area contributed by atoms with Crippen LogP contribution in [0.3, 0.4) is 0 Å². The summed E-state index contributed by atoms with van der Waals surface area (Å²) < 4.78 is 13.0. The van der Waals surface area contributed by atoms with E-state index in [0.717, 1.165) is 24.9 Å². The van der Waals surface area contributed by atoms with E-state index in [4.69, 9.17) is 0 Å². The van der Waals surface area contributed by atoms with Gasteiger partial charge in [0.15, 0.2) is 0 Å². The van der Waals surface area contributed by atoms with Crippen LogP contribution in [0.4, 0.5) is 10.1 Å². The molecular weight excluding hydrogens is 331 g/mol. The Balaban J connectivity index is 1.74. The number of amides is 2. The zero-order chi connectivity index (χ0) is 18.7. The van der Waals surface area contributed by atoms with Crippen molar-refractivity contribution >= 4 is 17.5 Å². The number of likely N-dealkylation sites (tertiary alicyclic amines) is 1. The summed E-state index contributed by atoms with van der Waals surface area (Å²) in [6.07, 6.45) is 3.25. The predicted molar refractivity (Wildman–Crippen MR) is 99.9 cm³/mol. The van der Waals surface area contributed by atoms with Crippen LogP contribution in [0.2, 0.25) is 0 Å². The number of carbonyl (C=O) groups excluding carboxylic acids is 2. The molecule has 26 heavy (non-hydrogen) atoms. The first-order valence-corrected chi connectivity index (χ1v) is 8.94. The molecule has 0 aromatic heterocycles. The van der Waals surface area contributed by atoms with E-state index in [1.807, 2.05) is 17.9 Å². The first-order valence-electron chi connectivity index (χ1n) is 8.94. The lowest BCUT2D eigenvalue weighted by molar-refractivity contribution is 0.0635. The van der Waals surface area contributed by atoms with Gasteiger partial charge in [0.2, 0.25) is 0 Å². The van der Waals surface area contributed by atoms with Crippen LogP contribution in [-0.2, 0) is 0 Å². The number of anilines is 1. The molecule has 0 saturated carbocycles. The third-order valence-corrected chi connectivity index (χ3v) is 4.89. The fraction of sp³-hybridized carbons (Fsp3) is 0.333. The number of nitrogens with zero attached hydrogens (tertiary/aromatic N) is 1. The summed E-state index contributed by atoms with van der Waals surface area (Å²) in [6.45, 7) is 4.74. The number of halogens is 1. The van der Waals surface area contributed by atoms with E-state index >= 15 is 0 Å². The highest BCUT2D eigenvalue weighted by Crippen LogP contribution is 2.22. The average molecular weight is 354 g/mol. The highest BCUT2D eigenvalue weighted by atomic mass is 19.1. The Labute approximate surface area is 153 Å². The Morgan fingerprint density at radius 2 is 1.77 bits per heavy atom. The molecule has 4 nitrogen and oxygen atoms in total. The van der Waals surface area contributed by atoms with Gasteiger partial charge in [-0.1, -0.05) is 0 Å². The zero-order valence-electron chi connectivity index (χ0n) is 15.1. The van der Waals surface area contributed by atoms with E-state index in [-0.39, 0.29) is 23.7 Å². The van der Waals surface area contributed by atoms with Crippen LogP contribution in [-0.4, -0.2) is 29.3 Å². The lowest BCUT2D eigenvalue weighted by Gasteiger charge is -2.33. The SMILES string of the molecule is Cc1cc(C(=O)N2CCCCC2C)ccc1NC(=O)c1ccc(F)cc1. The van der Waals surface area contributed by atoms with E-state index in [9.17, 15) is 14.0 Å². The summed E-state index contributed by atoms with van der Waals surface area (Å²) in [7, 11) is 0. The number of hydrogen-bond donors (Lipinski definition) is 1. The van der Waals surface area contributed by atoms with Gasteiger partial charge in [0.25, 0.3) is 11.8 Å². The number of carbonyl (C=O) groups is 2. The minimum Gasteiger partial charge on any atom is -0.336 e. The summed E-state index contributed by atoms with van der Waals surface area (Å²) in [5, 5.41) is 2.81. The van der Waals surface area contributed by atoms with Crippen molar-refractivity contribution in [2.75, 3.05) is 11.9 Å². The van der Waals surface area contributed by atoms with Gasteiger partial charge in [-0.2, -0.15) is 0 Å². The molecule has 1 atom stereocenters. The van der Waals surface area contributed by atoms with Gasteiger partial charge < -0.3 is 10.2 Å². The third kappa shape index (κ3) is 3.93. The molecule has 1 fully saturated rings. The molecule has 2 aromatic rings. The van der Waals surface area contributed by atoms with Crippen LogP contribution in [0.1, 0.15) is 52.5 Å². The van der Waals surface area contributed by atoms with E-state index in [1.54, 1.807) is 12.1 Å². The molecule has 1 N–H and O–H groups in total. The molecule has 2 amide bonds. The molecule has 0 radical (unpaired) electrons. The van der Waals surface area contributed by atoms with Crippen molar-refractivity contribution in [3.8, 4) is 0 Å². The fourth-order valence-corrected chi connectivity index (χ4v) is 3.30. The molecule has 136 valence electrons. The van der Waals surface area contributed by atoms with Crippen LogP contribution >= 0.6 is 0 Å². The van der Waals surface area contributed by atoms with Crippen molar-refractivity contribution in [1.29, 1.82) is 0 Å². The number of nitrogens with one attached hydrogen (secondary N) is 1. The van der Waals surface area contributed by atoms with E-state index in [0.29, 0.717) is 16.8 Å². The standard InChI is InChI=1S/C21H23FN2O2/c1-14-13-17(21(26)24-12-4-3-5-15(24)2)8-11-19(14)23-20(25)16-6-9-18(22)10-7-16/h6-11,13,15H,3-5,12H2,1-2H3,(H,23,25). The van der Waals surface area contributed by atoms with Crippen molar-refractivity contribution in [2.24, 2.45) is 0 Å². The zero-order valence-corrected chi connectivity index (χ0v) is 15.1. The summed E-state index contributed by atoms with van der Waals surface area (Å²) in [4.78, 5) is 27.0. The largest absolute Gasteiger partial charge is 0.336 e. The number of benzene rings is 2. The Morgan fingerprint density at radius 1 is 1.08 bits per heavy atom. The fourth-order valence-electron chi connectivity index (χ4n) is 3.30. The molecule has 1 aliphatic rings. The van der Waals surface area contributed by atoms with Crippen LogP contribution in [0, 0.1) is 12.7 Å². The normalized spacial score (nSPS) is 17.0. The van der Waals surface area contributed by atoms with Crippen LogP contribution in [0.5, 0.6) is 0 Å². The molecule has 1 unspecified atom stereocenters. The molecule has 1 saturated heterocycles. The Kier molecular flexibility index (Phi) is 5.35. The number of aryl methyl sites for hydroxylation is 1. The monoisotopic (exact) mass is 354 g/mol. The quantitative estimate of drug-likeness (QED) is 0.888. The molecule has 3 rings (SSSR count).